The van der Waals surface area contributed by atoms with Gasteiger partial charge in [0.05, 0.1) is 5.56 Å². The van der Waals surface area contributed by atoms with Crippen molar-refractivity contribution in [2.45, 2.75) is 6.61 Å². The summed E-state index contributed by atoms with van der Waals surface area (Å²) in [7, 11) is 0. The summed E-state index contributed by atoms with van der Waals surface area (Å²) in [6.45, 7) is 0.351. The van der Waals surface area contributed by atoms with Crippen molar-refractivity contribution in [1.82, 2.24) is 0 Å². The van der Waals surface area contributed by atoms with Crippen LogP contribution < -0.4 is 11.3 Å². The molecule has 0 aromatic heterocycles. The second kappa shape index (κ2) is 2.49. The molecule has 0 atom stereocenters. The zero-order chi connectivity index (χ0) is 8.55. The predicted molar refractivity (Wildman–Crippen MR) is 43.4 cm³/mol. The van der Waals surface area contributed by atoms with Gasteiger partial charge in [0.1, 0.15) is 6.61 Å². The summed E-state index contributed by atoms with van der Waals surface area (Å²) >= 11 is 0. The molecule has 12 heavy (non-hydrogen) atoms. The van der Waals surface area contributed by atoms with Crippen molar-refractivity contribution in [3.05, 3.63) is 29.3 Å². The van der Waals surface area contributed by atoms with Gasteiger partial charge in [-0.1, -0.05) is 0 Å². The average Bonchev–Trinajstić information content (AvgIpc) is 2.47. The van der Waals surface area contributed by atoms with E-state index in [1.807, 2.05) is 0 Å². The van der Waals surface area contributed by atoms with Gasteiger partial charge in [0.2, 0.25) is 0 Å². The lowest BCUT2D eigenvalue weighted by molar-refractivity contribution is 0.0535. The third-order valence-corrected chi connectivity index (χ3v) is 1.85. The van der Waals surface area contributed by atoms with E-state index in [2.05, 4.69) is 5.43 Å². The van der Waals surface area contributed by atoms with Crippen molar-refractivity contribution in [2.75, 3.05) is 5.43 Å². The first-order chi connectivity index (χ1) is 5.81. The molecule has 0 saturated heterocycles. The topological polar surface area (TPSA) is 64.3 Å². The van der Waals surface area contributed by atoms with Crippen LogP contribution in [-0.4, -0.2) is 5.97 Å². The van der Waals surface area contributed by atoms with E-state index in [1.165, 1.54) is 0 Å². The molecule has 0 fully saturated rings. The fourth-order valence-electron chi connectivity index (χ4n) is 1.22. The molecular weight excluding hydrogens is 156 g/mol. The van der Waals surface area contributed by atoms with Crippen LogP contribution in [0.4, 0.5) is 5.69 Å². The van der Waals surface area contributed by atoms with E-state index in [4.69, 9.17) is 10.6 Å². The van der Waals surface area contributed by atoms with Crippen LogP contribution in [0.5, 0.6) is 0 Å². The molecule has 0 unspecified atom stereocenters. The molecule has 0 radical (unpaired) electrons. The van der Waals surface area contributed by atoms with E-state index in [1.54, 1.807) is 18.2 Å². The zero-order valence-corrected chi connectivity index (χ0v) is 6.33. The Labute approximate surface area is 69.3 Å². The van der Waals surface area contributed by atoms with Crippen LogP contribution >= 0.6 is 0 Å². The fraction of sp³-hybridized carbons (Fsp3) is 0.125. The van der Waals surface area contributed by atoms with E-state index < -0.39 is 0 Å². The highest BCUT2D eigenvalue weighted by Crippen LogP contribution is 2.22. The van der Waals surface area contributed by atoms with Gasteiger partial charge in [-0.3, -0.25) is 5.84 Å². The molecule has 1 aromatic rings. The Morgan fingerprint density at radius 2 is 2.33 bits per heavy atom. The molecule has 4 heteroatoms. The lowest BCUT2D eigenvalue weighted by Crippen LogP contribution is -2.06. The largest absolute Gasteiger partial charge is 0.457 e. The Bertz CT molecular complexity index is 336. The number of hydrogen-bond acceptors (Lipinski definition) is 4. The van der Waals surface area contributed by atoms with Gasteiger partial charge in [-0.25, -0.2) is 4.79 Å². The molecule has 1 heterocycles. The first-order valence-corrected chi connectivity index (χ1v) is 3.58. The normalized spacial score (nSPS) is 13.9. The van der Waals surface area contributed by atoms with Crippen LogP contribution in [0.2, 0.25) is 0 Å². The van der Waals surface area contributed by atoms with Gasteiger partial charge in [-0.2, -0.15) is 0 Å². The Kier molecular flexibility index (Phi) is 1.48. The summed E-state index contributed by atoms with van der Waals surface area (Å²) in [5, 5.41) is 0. The highest BCUT2D eigenvalue weighted by molar-refractivity contribution is 5.93. The number of fused-ring (bicyclic) bond motifs is 1. The second-order valence-electron chi connectivity index (χ2n) is 2.59. The molecular formula is C8H8N2O2. The predicted octanol–water partition coefficient (Wildman–Crippen LogP) is 0.643. The summed E-state index contributed by atoms with van der Waals surface area (Å²) in [5.74, 6) is 4.95. The molecule has 1 aliphatic heterocycles. The fourth-order valence-corrected chi connectivity index (χ4v) is 1.22. The Morgan fingerprint density at radius 3 is 3.08 bits per heavy atom. The molecule has 0 saturated carbocycles. The van der Waals surface area contributed by atoms with Gasteiger partial charge in [0, 0.05) is 11.3 Å². The third-order valence-electron chi connectivity index (χ3n) is 1.85. The summed E-state index contributed by atoms with van der Waals surface area (Å²) in [6.07, 6.45) is 0. The van der Waals surface area contributed by atoms with Gasteiger partial charge in [0.25, 0.3) is 0 Å². The molecule has 2 rings (SSSR count). The standard InChI is InChI=1S/C8H8N2O2/c9-10-6-1-2-7-5(3-6)4-12-8(7)11/h1-3,10H,4,9H2. The second-order valence-corrected chi connectivity index (χ2v) is 2.59. The molecule has 62 valence electrons. The van der Waals surface area contributed by atoms with Crippen LogP contribution in [0.1, 0.15) is 15.9 Å². The van der Waals surface area contributed by atoms with Gasteiger partial charge < -0.3 is 10.2 Å². The Hall–Kier alpha value is -1.55. The number of carbonyl (C=O) groups excluding carboxylic acids is 1. The number of hydrazine groups is 1. The van der Waals surface area contributed by atoms with Crippen LogP contribution in [0.3, 0.4) is 0 Å². The van der Waals surface area contributed by atoms with Crippen LogP contribution in [0.15, 0.2) is 18.2 Å². The van der Waals surface area contributed by atoms with Crippen molar-refractivity contribution in [2.24, 2.45) is 5.84 Å². The molecule has 0 amide bonds. The zero-order valence-electron chi connectivity index (χ0n) is 6.33. The average molecular weight is 164 g/mol. The quantitative estimate of drug-likeness (QED) is 0.363. The maximum absolute atomic E-state index is 11.0. The van der Waals surface area contributed by atoms with Crippen molar-refractivity contribution in [3.63, 3.8) is 0 Å². The van der Waals surface area contributed by atoms with Crippen molar-refractivity contribution < 1.29 is 9.53 Å². The number of anilines is 1. The molecule has 0 spiro atoms. The monoisotopic (exact) mass is 164 g/mol. The summed E-state index contributed by atoms with van der Waals surface area (Å²) < 4.78 is 4.82. The number of nitrogens with two attached hydrogens (primary N) is 1. The number of nitrogen functional groups attached to an aromatic ring is 1. The van der Waals surface area contributed by atoms with E-state index in [0.717, 1.165) is 11.3 Å². The smallest absolute Gasteiger partial charge is 0.338 e. The van der Waals surface area contributed by atoms with E-state index in [9.17, 15) is 4.79 Å². The van der Waals surface area contributed by atoms with Crippen molar-refractivity contribution in [1.29, 1.82) is 0 Å². The number of cyclic esters (lactones) is 1. The summed E-state index contributed by atoms with van der Waals surface area (Å²) in [5.41, 5.74) is 4.81. The summed E-state index contributed by atoms with van der Waals surface area (Å²) in [4.78, 5) is 11.0. The van der Waals surface area contributed by atoms with Gasteiger partial charge >= 0.3 is 5.97 Å². The molecule has 0 bridgehead atoms. The summed E-state index contributed by atoms with van der Waals surface area (Å²) in [6, 6.07) is 5.26. The number of rotatable bonds is 1. The number of ether oxygens (including phenoxy) is 1. The Morgan fingerprint density at radius 1 is 1.50 bits per heavy atom. The van der Waals surface area contributed by atoms with Crippen LogP contribution in [0, 0.1) is 0 Å². The minimum atomic E-state index is -0.256. The molecule has 4 nitrogen and oxygen atoms in total. The third kappa shape index (κ3) is 0.931. The molecule has 3 N–H and O–H groups in total. The number of nitrogens with one attached hydrogen (secondary N) is 1. The lowest BCUT2D eigenvalue weighted by atomic mass is 10.1. The molecule has 0 aliphatic carbocycles. The van der Waals surface area contributed by atoms with Gasteiger partial charge in [-0.15, -0.1) is 0 Å². The van der Waals surface area contributed by atoms with Crippen molar-refractivity contribution in [3.8, 4) is 0 Å². The minimum absolute atomic E-state index is 0.256. The van der Waals surface area contributed by atoms with E-state index in [-0.39, 0.29) is 5.97 Å². The van der Waals surface area contributed by atoms with Crippen molar-refractivity contribution >= 4 is 11.7 Å². The van der Waals surface area contributed by atoms with Crippen LogP contribution in [0.25, 0.3) is 0 Å². The maximum atomic E-state index is 11.0. The van der Waals surface area contributed by atoms with Gasteiger partial charge in [0.15, 0.2) is 0 Å². The SMILES string of the molecule is NNc1ccc2c(c1)COC2=O. The number of esters is 1. The van der Waals surface area contributed by atoms with E-state index in [0.29, 0.717) is 12.2 Å². The number of hydrogen-bond donors (Lipinski definition) is 2. The molecule has 1 aliphatic rings. The number of carbonyl (C=O) groups is 1. The first kappa shape index (κ1) is 7.12. The van der Waals surface area contributed by atoms with Gasteiger partial charge in [-0.05, 0) is 18.2 Å². The highest BCUT2D eigenvalue weighted by atomic mass is 16.5. The van der Waals surface area contributed by atoms with Crippen LogP contribution in [-0.2, 0) is 11.3 Å². The highest BCUT2D eigenvalue weighted by Gasteiger charge is 2.20. The lowest BCUT2D eigenvalue weighted by Gasteiger charge is -1.99. The Balaban J connectivity index is 2.48. The number of benzene rings is 1. The maximum Gasteiger partial charge on any atom is 0.338 e. The first-order valence-electron chi connectivity index (χ1n) is 3.58. The minimum Gasteiger partial charge on any atom is -0.457 e. The molecule has 1 aromatic carbocycles. The van der Waals surface area contributed by atoms with E-state index >= 15 is 0 Å².